The molecule has 0 atom stereocenters. The first-order valence-corrected chi connectivity index (χ1v) is 9.89. The van der Waals surface area contributed by atoms with Crippen LogP contribution < -0.4 is 5.32 Å². The molecule has 0 bridgehead atoms. The number of nitrogens with zero attached hydrogens (tertiary/aromatic N) is 4. The average Bonchev–Trinajstić information content (AvgIpc) is 3.16. The van der Waals surface area contributed by atoms with E-state index in [0.29, 0.717) is 6.54 Å². The lowest BCUT2D eigenvalue weighted by Crippen LogP contribution is -2.43. The maximum atomic E-state index is 4.52. The normalized spacial score (nSPS) is 15.9. The summed E-state index contributed by atoms with van der Waals surface area (Å²) >= 11 is 0. The third-order valence-electron chi connectivity index (χ3n) is 5.26. The van der Waals surface area contributed by atoms with Crippen molar-refractivity contribution < 1.29 is 0 Å². The third kappa shape index (κ3) is 6.48. The van der Waals surface area contributed by atoms with Gasteiger partial charge in [-0.3, -0.25) is 4.99 Å². The fourth-order valence-electron chi connectivity index (χ4n) is 3.50. The standard InChI is InChI=1S/C21H32N6.HI/c1-17-9-12-27(13-10-17)14-11-23-21(22-2)26(3)16-20-24-15-19(25-20)18-7-5-4-6-8-18;/h4-8,15,17H,9-14,16H2,1-3H3,(H,22,23)(H,24,25);1H. The largest absolute Gasteiger partial charge is 0.355 e. The van der Waals surface area contributed by atoms with Crippen LogP contribution in [0.25, 0.3) is 11.3 Å². The molecule has 1 aliphatic heterocycles. The highest BCUT2D eigenvalue weighted by Gasteiger charge is 2.15. The Kier molecular flexibility index (Phi) is 9.24. The lowest BCUT2D eigenvalue weighted by atomic mass is 9.99. The van der Waals surface area contributed by atoms with Gasteiger partial charge in [0, 0.05) is 27.2 Å². The summed E-state index contributed by atoms with van der Waals surface area (Å²) in [6.45, 7) is 7.45. The van der Waals surface area contributed by atoms with E-state index >= 15 is 0 Å². The Morgan fingerprint density at radius 3 is 2.68 bits per heavy atom. The molecule has 1 fully saturated rings. The summed E-state index contributed by atoms with van der Waals surface area (Å²) in [6, 6.07) is 10.3. The molecule has 154 valence electrons. The molecule has 0 radical (unpaired) electrons. The fourth-order valence-corrected chi connectivity index (χ4v) is 3.50. The van der Waals surface area contributed by atoms with Crippen LogP contribution >= 0.6 is 24.0 Å². The van der Waals surface area contributed by atoms with E-state index in [1.807, 2.05) is 38.5 Å². The van der Waals surface area contributed by atoms with Crippen molar-refractivity contribution in [3.8, 4) is 11.3 Å². The van der Waals surface area contributed by atoms with E-state index in [0.717, 1.165) is 42.0 Å². The fraction of sp³-hybridized carbons (Fsp3) is 0.524. The van der Waals surface area contributed by atoms with Crippen LogP contribution in [0.15, 0.2) is 41.5 Å². The van der Waals surface area contributed by atoms with Gasteiger partial charge in [0.05, 0.1) is 18.4 Å². The monoisotopic (exact) mass is 496 g/mol. The molecule has 2 aromatic rings. The van der Waals surface area contributed by atoms with Gasteiger partial charge in [-0.05, 0) is 37.4 Å². The van der Waals surface area contributed by atoms with Crippen molar-refractivity contribution in [1.82, 2.24) is 25.1 Å². The predicted molar refractivity (Wildman–Crippen MR) is 127 cm³/mol. The first kappa shape index (κ1) is 22.7. The average molecular weight is 496 g/mol. The molecule has 28 heavy (non-hydrogen) atoms. The van der Waals surface area contributed by atoms with Gasteiger partial charge in [0.25, 0.3) is 0 Å². The molecule has 0 saturated carbocycles. The summed E-state index contributed by atoms with van der Waals surface area (Å²) in [7, 11) is 3.88. The Morgan fingerprint density at radius 2 is 2.00 bits per heavy atom. The zero-order valence-electron chi connectivity index (χ0n) is 17.2. The second-order valence-electron chi connectivity index (χ2n) is 7.46. The second kappa shape index (κ2) is 11.4. The number of halogens is 1. The van der Waals surface area contributed by atoms with Crippen molar-refractivity contribution in [2.45, 2.75) is 26.3 Å². The van der Waals surface area contributed by atoms with Crippen molar-refractivity contribution in [2.75, 3.05) is 40.3 Å². The maximum Gasteiger partial charge on any atom is 0.193 e. The number of benzene rings is 1. The van der Waals surface area contributed by atoms with Crippen molar-refractivity contribution in [3.63, 3.8) is 0 Å². The Hall–Kier alpha value is -1.61. The highest BCUT2D eigenvalue weighted by atomic mass is 127. The van der Waals surface area contributed by atoms with Gasteiger partial charge in [-0.15, -0.1) is 24.0 Å². The number of aliphatic imine (C=N–C) groups is 1. The van der Waals surface area contributed by atoms with Crippen molar-refractivity contribution >= 4 is 29.9 Å². The molecule has 2 heterocycles. The summed E-state index contributed by atoms with van der Waals surface area (Å²) in [6.07, 6.45) is 4.53. The van der Waals surface area contributed by atoms with Crippen LogP contribution in [0.3, 0.4) is 0 Å². The van der Waals surface area contributed by atoms with E-state index in [-0.39, 0.29) is 24.0 Å². The lowest BCUT2D eigenvalue weighted by Gasteiger charge is -2.30. The number of hydrogen-bond donors (Lipinski definition) is 2. The van der Waals surface area contributed by atoms with Crippen molar-refractivity contribution in [3.05, 3.63) is 42.4 Å². The van der Waals surface area contributed by atoms with Gasteiger partial charge in [0.2, 0.25) is 0 Å². The van der Waals surface area contributed by atoms with Crippen LogP contribution in [0.5, 0.6) is 0 Å². The van der Waals surface area contributed by atoms with Gasteiger partial charge in [-0.2, -0.15) is 0 Å². The molecule has 1 aliphatic rings. The van der Waals surface area contributed by atoms with Gasteiger partial charge >= 0.3 is 0 Å². The maximum absolute atomic E-state index is 4.52. The number of hydrogen-bond acceptors (Lipinski definition) is 3. The van der Waals surface area contributed by atoms with Crippen LogP contribution in [0.1, 0.15) is 25.6 Å². The summed E-state index contributed by atoms with van der Waals surface area (Å²) in [5, 5.41) is 3.48. The quantitative estimate of drug-likeness (QED) is 0.366. The zero-order valence-corrected chi connectivity index (χ0v) is 19.5. The SMILES string of the molecule is CN=C(NCCN1CCC(C)CC1)N(C)Cc1ncc(-c2ccccc2)[nH]1.I. The predicted octanol–water partition coefficient (Wildman–Crippen LogP) is 3.43. The Labute approximate surface area is 185 Å². The van der Waals surface area contributed by atoms with Crippen molar-refractivity contribution in [2.24, 2.45) is 10.9 Å². The first-order valence-electron chi connectivity index (χ1n) is 9.89. The number of guanidine groups is 1. The summed E-state index contributed by atoms with van der Waals surface area (Å²) in [4.78, 5) is 17.0. The van der Waals surface area contributed by atoms with Gasteiger partial charge < -0.3 is 20.1 Å². The summed E-state index contributed by atoms with van der Waals surface area (Å²) < 4.78 is 0. The molecule has 0 unspecified atom stereocenters. The van der Waals surface area contributed by atoms with Gasteiger partial charge in [-0.1, -0.05) is 37.3 Å². The smallest absolute Gasteiger partial charge is 0.193 e. The summed E-state index contributed by atoms with van der Waals surface area (Å²) in [5.74, 6) is 2.71. The lowest BCUT2D eigenvalue weighted by molar-refractivity contribution is 0.195. The minimum Gasteiger partial charge on any atom is -0.355 e. The van der Waals surface area contributed by atoms with Gasteiger partial charge in [-0.25, -0.2) is 4.98 Å². The molecule has 2 N–H and O–H groups in total. The zero-order chi connectivity index (χ0) is 19.1. The molecule has 1 aromatic heterocycles. The van der Waals surface area contributed by atoms with E-state index in [1.165, 1.54) is 25.9 Å². The van der Waals surface area contributed by atoms with Crippen molar-refractivity contribution in [1.29, 1.82) is 0 Å². The van der Waals surface area contributed by atoms with E-state index < -0.39 is 0 Å². The number of rotatable bonds is 6. The molecule has 0 spiro atoms. The van der Waals surface area contributed by atoms with Crippen LogP contribution in [0, 0.1) is 5.92 Å². The van der Waals surface area contributed by atoms with Gasteiger partial charge in [0.15, 0.2) is 5.96 Å². The first-order chi connectivity index (χ1) is 13.2. The number of imidazole rings is 1. The molecule has 1 aromatic carbocycles. The van der Waals surface area contributed by atoms with Crippen LogP contribution in [0.2, 0.25) is 0 Å². The second-order valence-corrected chi connectivity index (χ2v) is 7.46. The minimum absolute atomic E-state index is 0. The Balaban J connectivity index is 0.00000280. The Bertz CT molecular complexity index is 722. The molecule has 3 rings (SSSR count). The number of aromatic amines is 1. The number of H-pyrrole nitrogens is 1. The molecular formula is C21H33IN6. The van der Waals surface area contributed by atoms with E-state index in [1.54, 1.807) is 0 Å². The third-order valence-corrected chi connectivity index (χ3v) is 5.26. The molecular weight excluding hydrogens is 463 g/mol. The van der Waals surface area contributed by atoms with Crippen LogP contribution in [0.4, 0.5) is 0 Å². The van der Waals surface area contributed by atoms with Crippen LogP contribution in [-0.2, 0) is 6.54 Å². The van der Waals surface area contributed by atoms with Gasteiger partial charge in [0.1, 0.15) is 5.82 Å². The number of nitrogens with one attached hydrogen (secondary N) is 2. The van der Waals surface area contributed by atoms with Crippen LogP contribution in [-0.4, -0.2) is 66.0 Å². The Morgan fingerprint density at radius 1 is 1.29 bits per heavy atom. The minimum atomic E-state index is 0. The van der Waals surface area contributed by atoms with E-state index in [2.05, 4.69) is 49.1 Å². The van der Waals surface area contributed by atoms with E-state index in [4.69, 9.17) is 0 Å². The highest BCUT2D eigenvalue weighted by molar-refractivity contribution is 14.0. The highest BCUT2D eigenvalue weighted by Crippen LogP contribution is 2.17. The molecule has 0 aliphatic carbocycles. The topological polar surface area (TPSA) is 59.6 Å². The molecule has 1 saturated heterocycles. The number of piperidine rings is 1. The number of aromatic nitrogens is 2. The number of likely N-dealkylation sites (tertiary alicyclic amines) is 1. The molecule has 7 heteroatoms. The molecule has 0 amide bonds. The van der Waals surface area contributed by atoms with E-state index in [9.17, 15) is 0 Å². The molecule has 6 nitrogen and oxygen atoms in total. The summed E-state index contributed by atoms with van der Waals surface area (Å²) in [5.41, 5.74) is 2.19.